The Balaban J connectivity index is 1.64. The molecule has 4 aliphatic heterocycles. The molecule has 40 heavy (non-hydrogen) atoms. The average molecular weight is 572 g/mol. The molecule has 0 aromatic heterocycles. The molecule has 0 aliphatic carbocycles. The van der Waals surface area contributed by atoms with Gasteiger partial charge in [0.15, 0.2) is 0 Å². The molecule has 0 radical (unpaired) electrons. The summed E-state index contributed by atoms with van der Waals surface area (Å²) in [5.74, 6) is -3.73. The molecule has 1 spiro atoms. The van der Waals surface area contributed by atoms with Gasteiger partial charge in [0.1, 0.15) is 23.7 Å². The van der Waals surface area contributed by atoms with Gasteiger partial charge in [0.25, 0.3) is 5.91 Å². The van der Waals surface area contributed by atoms with Gasteiger partial charge >= 0.3 is 5.97 Å². The number of nitrogens with one attached hydrogen (secondary N) is 1. The van der Waals surface area contributed by atoms with Gasteiger partial charge in [-0.15, -0.1) is 0 Å². The quantitative estimate of drug-likeness (QED) is 0.419. The van der Waals surface area contributed by atoms with Crippen LogP contribution in [0.4, 0.5) is 5.69 Å². The second kappa shape index (κ2) is 11.0. The van der Waals surface area contributed by atoms with Gasteiger partial charge in [0.05, 0.1) is 41.9 Å². The van der Waals surface area contributed by atoms with Crippen molar-refractivity contribution in [3.8, 4) is 0 Å². The maximum Gasteiger partial charge on any atom is 0.313 e. The van der Waals surface area contributed by atoms with Crippen LogP contribution in [0.15, 0.2) is 42.5 Å². The molecule has 2 fully saturated rings. The number of fused-ring (bicyclic) bond motifs is 2. The van der Waals surface area contributed by atoms with Gasteiger partial charge in [-0.05, 0) is 38.8 Å². The fourth-order valence-electron chi connectivity index (χ4n) is 6.30. The molecule has 2 N–H and O–H groups in total. The van der Waals surface area contributed by atoms with Crippen LogP contribution in [0.3, 0.4) is 0 Å². The van der Waals surface area contributed by atoms with E-state index in [1.165, 1.54) is 9.80 Å². The number of para-hydroxylation sites is 1. The van der Waals surface area contributed by atoms with Crippen LogP contribution in [0.5, 0.6) is 0 Å². The number of cyclic esters (lactones) is 1. The van der Waals surface area contributed by atoms with Crippen molar-refractivity contribution in [2.75, 3.05) is 24.6 Å². The number of amides is 3. The van der Waals surface area contributed by atoms with Gasteiger partial charge in [0.2, 0.25) is 11.8 Å². The molecule has 4 aliphatic rings. The number of ether oxygens (including phenoxy) is 2. The van der Waals surface area contributed by atoms with E-state index in [1.54, 1.807) is 44.2 Å². The lowest BCUT2D eigenvalue weighted by atomic mass is 9.74. The third-order valence-electron chi connectivity index (χ3n) is 8.18. The zero-order chi connectivity index (χ0) is 28.8. The smallest absolute Gasteiger partial charge is 0.313 e. The van der Waals surface area contributed by atoms with Gasteiger partial charge in [0, 0.05) is 13.0 Å². The maximum atomic E-state index is 14.7. The molecular formula is C29H34ClN3O7. The second-order valence-electron chi connectivity index (χ2n) is 10.9. The summed E-state index contributed by atoms with van der Waals surface area (Å²) in [6.45, 7) is 5.01. The Labute approximate surface area is 237 Å². The lowest BCUT2D eigenvalue weighted by molar-refractivity contribution is -0.158. The molecule has 7 atom stereocenters. The first-order valence-electron chi connectivity index (χ1n) is 13.6. The van der Waals surface area contributed by atoms with Crippen molar-refractivity contribution in [3.63, 3.8) is 0 Å². The summed E-state index contributed by atoms with van der Waals surface area (Å²) in [6.07, 6.45) is 6.29. The number of carbonyl (C=O) groups is 4. The number of carbonyl (C=O) groups excluding carboxylic acids is 4. The minimum Gasteiger partial charge on any atom is -0.460 e. The van der Waals surface area contributed by atoms with Crippen LogP contribution in [0.1, 0.15) is 32.3 Å². The van der Waals surface area contributed by atoms with Crippen molar-refractivity contribution in [2.45, 2.75) is 63.5 Å². The molecule has 3 amide bonds. The average Bonchev–Trinajstić information content (AvgIpc) is 3.56. The maximum absolute atomic E-state index is 14.7. The number of aliphatic hydroxyl groups excluding tert-OH is 1. The Hall–Kier alpha value is -3.21. The number of allylic oxidation sites excluding steroid dienone is 1. The summed E-state index contributed by atoms with van der Waals surface area (Å²) in [5.41, 5.74) is -0.184. The summed E-state index contributed by atoms with van der Waals surface area (Å²) < 4.78 is 12.0. The van der Waals surface area contributed by atoms with Crippen LogP contribution < -0.4 is 10.2 Å². The number of halogens is 1. The van der Waals surface area contributed by atoms with Crippen LogP contribution in [-0.4, -0.2) is 83.3 Å². The highest BCUT2D eigenvalue weighted by Gasteiger charge is 2.74. The van der Waals surface area contributed by atoms with E-state index in [0.29, 0.717) is 17.1 Å². The number of hydrogen-bond acceptors (Lipinski definition) is 7. The van der Waals surface area contributed by atoms with E-state index in [2.05, 4.69) is 5.32 Å². The van der Waals surface area contributed by atoms with Gasteiger partial charge in [-0.25, -0.2) is 0 Å². The number of rotatable bonds is 3. The lowest BCUT2D eigenvalue weighted by Gasteiger charge is -2.38. The number of aliphatic hydroxyl groups is 1. The van der Waals surface area contributed by atoms with Gasteiger partial charge in [-0.1, -0.05) is 48.0 Å². The van der Waals surface area contributed by atoms with Crippen LogP contribution in [0, 0.1) is 18.8 Å². The van der Waals surface area contributed by atoms with Gasteiger partial charge in [-0.3, -0.25) is 19.2 Å². The second-order valence-corrected chi connectivity index (χ2v) is 11.3. The van der Waals surface area contributed by atoms with Crippen LogP contribution in [0.25, 0.3) is 0 Å². The minimum atomic E-state index is -1.42. The summed E-state index contributed by atoms with van der Waals surface area (Å²) in [5, 5.41) is 13.2. The Morgan fingerprint density at radius 2 is 1.98 bits per heavy atom. The summed E-state index contributed by atoms with van der Waals surface area (Å²) in [7, 11) is 0. The van der Waals surface area contributed by atoms with Crippen molar-refractivity contribution in [1.82, 2.24) is 10.2 Å². The SMILES string of the molecule is Cc1cccc(Cl)c1N1C/C=C\CCC(=O)NC[C@H](C)OC(=O)[C@@H]2[C@H]3C(=O)N([C@H](C)CO)[C@H](C1=O)[C@]31C=C[C@H]2O1. The van der Waals surface area contributed by atoms with Crippen LogP contribution in [0.2, 0.25) is 5.02 Å². The Kier molecular flexibility index (Phi) is 7.78. The topological polar surface area (TPSA) is 125 Å². The van der Waals surface area contributed by atoms with E-state index in [-0.39, 0.29) is 32.0 Å². The summed E-state index contributed by atoms with van der Waals surface area (Å²) in [4.78, 5) is 57.3. The van der Waals surface area contributed by atoms with Gasteiger partial charge < -0.3 is 29.7 Å². The fourth-order valence-corrected chi connectivity index (χ4v) is 6.62. The highest BCUT2D eigenvalue weighted by Crippen LogP contribution is 2.56. The number of aryl methyl sites for hydroxylation is 1. The molecule has 2 saturated heterocycles. The van der Waals surface area contributed by atoms with Crippen molar-refractivity contribution >= 4 is 41.0 Å². The van der Waals surface area contributed by atoms with E-state index < -0.39 is 59.5 Å². The number of anilines is 1. The zero-order valence-corrected chi connectivity index (χ0v) is 23.5. The number of likely N-dealkylation sites (tertiary alicyclic amines) is 1. The van der Waals surface area contributed by atoms with E-state index in [4.69, 9.17) is 21.1 Å². The molecule has 0 saturated carbocycles. The highest BCUT2D eigenvalue weighted by molar-refractivity contribution is 6.34. The first-order valence-corrected chi connectivity index (χ1v) is 14.0. The number of esters is 1. The molecule has 0 unspecified atom stereocenters. The summed E-state index contributed by atoms with van der Waals surface area (Å²) in [6, 6.07) is 3.43. The monoisotopic (exact) mass is 571 g/mol. The van der Waals surface area contributed by atoms with E-state index >= 15 is 0 Å². The molecule has 4 heterocycles. The van der Waals surface area contributed by atoms with Crippen LogP contribution >= 0.6 is 11.6 Å². The molecule has 11 heteroatoms. The third-order valence-corrected chi connectivity index (χ3v) is 8.48. The van der Waals surface area contributed by atoms with Crippen LogP contribution in [-0.2, 0) is 28.7 Å². The Bertz CT molecular complexity index is 1260. The molecule has 1 aromatic rings. The number of hydrogen-bond donors (Lipinski definition) is 2. The first kappa shape index (κ1) is 28.3. The van der Waals surface area contributed by atoms with Crippen molar-refractivity contribution in [2.24, 2.45) is 11.8 Å². The van der Waals surface area contributed by atoms with E-state index in [9.17, 15) is 24.3 Å². The first-order chi connectivity index (χ1) is 19.1. The largest absolute Gasteiger partial charge is 0.460 e. The predicted octanol–water partition coefficient (Wildman–Crippen LogP) is 1.91. The normalized spacial score (nSPS) is 34.1. The lowest BCUT2D eigenvalue weighted by Crippen LogP contribution is -2.58. The molecule has 214 valence electrons. The van der Waals surface area contributed by atoms with Crippen molar-refractivity contribution < 1.29 is 33.8 Å². The highest BCUT2D eigenvalue weighted by atomic mass is 35.5. The Morgan fingerprint density at radius 1 is 1.20 bits per heavy atom. The predicted molar refractivity (Wildman–Crippen MR) is 146 cm³/mol. The number of benzene rings is 1. The molecule has 5 rings (SSSR count). The fraction of sp³-hybridized carbons (Fsp3) is 0.517. The molecule has 1 aromatic carbocycles. The van der Waals surface area contributed by atoms with Crippen molar-refractivity contribution in [1.29, 1.82) is 0 Å². The summed E-state index contributed by atoms with van der Waals surface area (Å²) >= 11 is 6.62. The number of nitrogens with zero attached hydrogens (tertiary/aromatic N) is 2. The van der Waals surface area contributed by atoms with E-state index in [0.717, 1.165) is 5.56 Å². The van der Waals surface area contributed by atoms with Gasteiger partial charge in [-0.2, -0.15) is 0 Å². The van der Waals surface area contributed by atoms with Crippen molar-refractivity contribution in [3.05, 3.63) is 53.1 Å². The molecule has 10 nitrogen and oxygen atoms in total. The zero-order valence-electron chi connectivity index (χ0n) is 22.7. The van der Waals surface area contributed by atoms with E-state index in [1.807, 2.05) is 19.1 Å². The molecule has 5 bridgehead atoms. The third kappa shape index (κ3) is 4.61. The Morgan fingerprint density at radius 3 is 2.70 bits per heavy atom. The minimum absolute atomic E-state index is 0.119. The standard InChI is InChI=1S/C29H34ClN3O7/c1-16-8-7-9-19(30)24(16)32-13-6-4-5-10-21(35)31-14-18(3)39-28(38)22-20-11-12-29(40-20)23(22)26(36)33(17(2)15-34)25(29)27(32)37/h4,6-9,11-12,17-18,20,22-23,25,34H,5,10,13-15H2,1-3H3,(H,31,35)/b6-4-/t17-,18+,20-,22+,23+,25-,29+/m1/s1. The molecular weight excluding hydrogens is 538 g/mol.